The molecule has 1 atom stereocenters. The Hall–Kier alpha value is -3.52. The highest BCUT2D eigenvalue weighted by Gasteiger charge is 2.28. The number of nitrogens with zero attached hydrogens (tertiary/aromatic N) is 1. The van der Waals surface area contributed by atoms with Crippen LogP contribution in [0.1, 0.15) is 24.1 Å². The van der Waals surface area contributed by atoms with Crippen molar-refractivity contribution in [1.29, 1.82) is 0 Å². The zero-order chi connectivity index (χ0) is 24.0. The molecule has 0 saturated heterocycles. The highest BCUT2D eigenvalue weighted by atomic mass is 32.2. The molecule has 0 aliphatic carbocycles. The summed E-state index contributed by atoms with van der Waals surface area (Å²) in [4.78, 5) is 13.0. The number of methoxy groups -OCH3 is 2. The second kappa shape index (κ2) is 10.4. The summed E-state index contributed by atoms with van der Waals surface area (Å²) in [5.74, 6) is 0.379. The van der Waals surface area contributed by atoms with Crippen LogP contribution >= 0.6 is 0 Å². The van der Waals surface area contributed by atoms with Crippen molar-refractivity contribution >= 4 is 21.6 Å². The normalized spacial score (nSPS) is 12.0. The van der Waals surface area contributed by atoms with Crippen LogP contribution in [0.2, 0.25) is 0 Å². The van der Waals surface area contributed by atoms with Gasteiger partial charge in [0.25, 0.3) is 10.0 Å². The van der Waals surface area contributed by atoms with E-state index in [-0.39, 0.29) is 16.6 Å². The second-order valence-electron chi connectivity index (χ2n) is 7.56. The third-order valence-electron chi connectivity index (χ3n) is 5.23. The number of benzene rings is 3. The van der Waals surface area contributed by atoms with Gasteiger partial charge in [-0.05, 0) is 43.7 Å². The molecule has 7 nitrogen and oxygen atoms in total. The first-order valence-corrected chi connectivity index (χ1v) is 11.9. The predicted molar refractivity (Wildman–Crippen MR) is 128 cm³/mol. The number of sulfonamides is 1. The van der Waals surface area contributed by atoms with Gasteiger partial charge in [0.2, 0.25) is 5.91 Å². The van der Waals surface area contributed by atoms with E-state index in [9.17, 15) is 13.2 Å². The highest BCUT2D eigenvalue weighted by molar-refractivity contribution is 7.92. The van der Waals surface area contributed by atoms with Crippen molar-refractivity contribution in [3.63, 3.8) is 0 Å². The first-order chi connectivity index (χ1) is 15.8. The number of aryl methyl sites for hydroxylation is 1. The molecule has 0 fully saturated rings. The summed E-state index contributed by atoms with van der Waals surface area (Å²) in [5, 5.41) is 2.89. The van der Waals surface area contributed by atoms with Crippen molar-refractivity contribution < 1.29 is 22.7 Å². The van der Waals surface area contributed by atoms with E-state index in [1.165, 1.54) is 32.4 Å². The molecular weight excluding hydrogens is 440 g/mol. The number of rotatable bonds is 9. The number of anilines is 1. The van der Waals surface area contributed by atoms with Crippen molar-refractivity contribution in [2.24, 2.45) is 0 Å². The molecule has 1 N–H and O–H groups in total. The van der Waals surface area contributed by atoms with E-state index in [1.54, 1.807) is 30.3 Å². The van der Waals surface area contributed by atoms with E-state index in [0.29, 0.717) is 11.5 Å². The summed E-state index contributed by atoms with van der Waals surface area (Å²) in [7, 11) is -1.06. The standard InChI is InChI=1S/C25H28N2O5S/c1-18-10-12-20(13-11-18)19(2)26-25(28)17-27(33(29,30)22-8-6-5-7-9-22)21-14-15-23(31-3)24(16-21)32-4/h5-16,19H,17H2,1-4H3,(H,26,28)/t19-/m1/s1. The molecule has 3 aromatic carbocycles. The van der Waals surface area contributed by atoms with Crippen molar-refractivity contribution in [1.82, 2.24) is 5.32 Å². The van der Waals surface area contributed by atoms with Crippen LogP contribution in [-0.2, 0) is 14.8 Å². The van der Waals surface area contributed by atoms with Crippen molar-refractivity contribution in [3.8, 4) is 11.5 Å². The lowest BCUT2D eigenvalue weighted by molar-refractivity contribution is -0.120. The van der Waals surface area contributed by atoms with E-state index in [1.807, 2.05) is 38.1 Å². The lowest BCUT2D eigenvalue weighted by Gasteiger charge is -2.26. The summed E-state index contributed by atoms with van der Waals surface area (Å²) in [6.45, 7) is 3.44. The fourth-order valence-corrected chi connectivity index (χ4v) is 4.80. The Balaban J connectivity index is 1.93. The Bertz CT molecular complexity index is 1200. The first kappa shape index (κ1) is 24.1. The fourth-order valence-electron chi connectivity index (χ4n) is 3.37. The molecule has 0 aliphatic heterocycles. The third-order valence-corrected chi connectivity index (χ3v) is 7.02. The molecule has 0 radical (unpaired) electrons. The summed E-state index contributed by atoms with van der Waals surface area (Å²) < 4.78 is 38.6. The molecule has 0 bridgehead atoms. The van der Waals surface area contributed by atoms with Gasteiger partial charge in [-0.3, -0.25) is 9.10 Å². The van der Waals surface area contributed by atoms with Crippen LogP contribution in [0.5, 0.6) is 11.5 Å². The molecular formula is C25H28N2O5S. The maximum atomic E-state index is 13.5. The molecule has 0 aliphatic rings. The highest BCUT2D eigenvalue weighted by Crippen LogP contribution is 2.33. The Kier molecular flexibility index (Phi) is 7.60. The maximum absolute atomic E-state index is 13.5. The molecule has 0 aromatic heterocycles. The quantitative estimate of drug-likeness (QED) is 0.511. The number of hydrogen-bond donors (Lipinski definition) is 1. The van der Waals surface area contributed by atoms with Gasteiger partial charge >= 0.3 is 0 Å². The number of amides is 1. The van der Waals surface area contributed by atoms with Gasteiger partial charge in [0.15, 0.2) is 11.5 Å². The van der Waals surface area contributed by atoms with Crippen molar-refractivity contribution in [3.05, 3.63) is 83.9 Å². The maximum Gasteiger partial charge on any atom is 0.264 e. The molecule has 0 unspecified atom stereocenters. The second-order valence-corrected chi connectivity index (χ2v) is 9.43. The molecule has 174 valence electrons. The minimum absolute atomic E-state index is 0.0826. The number of carbonyl (C=O) groups excluding carboxylic acids is 1. The van der Waals surface area contributed by atoms with Gasteiger partial charge in [-0.1, -0.05) is 48.0 Å². The zero-order valence-electron chi connectivity index (χ0n) is 19.1. The molecule has 1 amide bonds. The van der Waals surface area contributed by atoms with Gasteiger partial charge < -0.3 is 14.8 Å². The average Bonchev–Trinajstić information content (AvgIpc) is 2.83. The average molecular weight is 469 g/mol. The van der Waals surface area contributed by atoms with Gasteiger partial charge in [-0.2, -0.15) is 0 Å². The molecule has 8 heteroatoms. The fraction of sp³-hybridized carbons (Fsp3) is 0.240. The molecule has 0 spiro atoms. The van der Waals surface area contributed by atoms with E-state index < -0.39 is 22.5 Å². The van der Waals surface area contributed by atoms with Gasteiger partial charge in [0, 0.05) is 6.07 Å². The summed E-state index contributed by atoms with van der Waals surface area (Å²) in [6, 6.07) is 20.2. The van der Waals surface area contributed by atoms with E-state index in [0.717, 1.165) is 15.4 Å². The number of hydrogen-bond acceptors (Lipinski definition) is 5. The number of ether oxygens (including phenoxy) is 2. The molecule has 3 rings (SSSR count). The van der Waals surface area contributed by atoms with E-state index in [4.69, 9.17) is 9.47 Å². The van der Waals surface area contributed by atoms with Crippen molar-refractivity contribution in [2.75, 3.05) is 25.1 Å². The van der Waals surface area contributed by atoms with Gasteiger partial charge in [0.1, 0.15) is 6.54 Å². The van der Waals surface area contributed by atoms with Gasteiger partial charge in [0.05, 0.1) is 30.8 Å². The largest absolute Gasteiger partial charge is 0.493 e. The van der Waals surface area contributed by atoms with Gasteiger partial charge in [-0.15, -0.1) is 0 Å². The first-order valence-electron chi connectivity index (χ1n) is 10.4. The SMILES string of the molecule is COc1ccc(N(CC(=O)N[C@H](C)c2ccc(C)cc2)S(=O)(=O)c2ccccc2)cc1OC. The van der Waals surface area contributed by atoms with Crippen LogP contribution in [0.15, 0.2) is 77.7 Å². The predicted octanol–water partition coefficient (Wildman–Crippen LogP) is 4.08. The lowest BCUT2D eigenvalue weighted by atomic mass is 10.1. The Morgan fingerprint density at radius 2 is 1.58 bits per heavy atom. The smallest absolute Gasteiger partial charge is 0.264 e. The minimum atomic E-state index is -4.02. The number of carbonyl (C=O) groups is 1. The van der Waals surface area contributed by atoms with E-state index >= 15 is 0 Å². The van der Waals surface area contributed by atoms with Crippen LogP contribution < -0.4 is 19.1 Å². The van der Waals surface area contributed by atoms with Crippen LogP contribution in [0.4, 0.5) is 5.69 Å². The Morgan fingerprint density at radius 3 is 2.18 bits per heavy atom. The van der Waals surface area contributed by atoms with Crippen LogP contribution in [0, 0.1) is 6.92 Å². The topological polar surface area (TPSA) is 84.9 Å². The van der Waals surface area contributed by atoms with Crippen LogP contribution in [0.25, 0.3) is 0 Å². The van der Waals surface area contributed by atoms with Gasteiger partial charge in [-0.25, -0.2) is 8.42 Å². The molecule has 0 heterocycles. The molecule has 0 saturated carbocycles. The zero-order valence-corrected chi connectivity index (χ0v) is 19.9. The van der Waals surface area contributed by atoms with Crippen molar-refractivity contribution in [2.45, 2.75) is 24.8 Å². The van der Waals surface area contributed by atoms with Crippen LogP contribution in [0.3, 0.4) is 0 Å². The Labute approximate surface area is 195 Å². The van der Waals surface area contributed by atoms with E-state index in [2.05, 4.69) is 5.32 Å². The number of nitrogens with one attached hydrogen (secondary N) is 1. The summed E-state index contributed by atoms with van der Waals surface area (Å²) >= 11 is 0. The Morgan fingerprint density at radius 1 is 0.939 bits per heavy atom. The minimum Gasteiger partial charge on any atom is -0.493 e. The molecule has 3 aromatic rings. The summed E-state index contributed by atoms with van der Waals surface area (Å²) in [5.41, 5.74) is 2.33. The third kappa shape index (κ3) is 5.64. The monoisotopic (exact) mass is 468 g/mol. The molecule has 33 heavy (non-hydrogen) atoms. The van der Waals surface area contributed by atoms with Crippen LogP contribution in [-0.4, -0.2) is 35.1 Å². The lowest BCUT2D eigenvalue weighted by Crippen LogP contribution is -2.41. The summed E-state index contributed by atoms with van der Waals surface area (Å²) in [6.07, 6.45) is 0.